The zero-order valence-corrected chi connectivity index (χ0v) is 34.9. The molecule has 12 N–H and O–H groups in total. The third kappa shape index (κ3) is 8.69. The molecule has 0 bridgehead atoms. The van der Waals surface area contributed by atoms with E-state index in [-0.39, 0.29) is 61.9 Å². The summed E-state index contributed by atoms with van der Waals surface area (Å²) in [6.07, 6.45) is -6.47. The fourth-order valence-electron chi connectivity index (χ4n) is 11.8. The average molecular weight is 851 g/mol. The Kier molecular flexibility index (Phi) is 14.9. The summed E-state index contributed by atoms with van der Waals surface area (Å²) in [5.41, 5.74) is 9.91. The second kappa shape index (κ2) is 19.2. The van der Waals surface area contributed by atoms with E-state index in [9.17, 15) is 49.8 Å². The van der Waals surface area contributed by atoms with E-state index < -0.39 is 120 Å². The van der Waals surface area contributed by atoms with Crippen molar-refractivity contribution < 1.29 is 64.0 Å². The Bertz CT molecular complexity index is 1610. The van der Waals surface area contributed by atoms with Crippen molar-refractivity contribution in [2.75, 3.05) is 40.5 Å². The number of carbonyl (C=O) groups is 4. The summed E-state index contributed by atoms with van der Waals surface area (Å²) in [6.45, 7) is 3.15. The quantitative estimate of drug-likeness (QED) is 0.0477. The first-order valence-corrected chi connectivity index (χ1v) is 21.5. The number of ether oxygens (including phenoxy) is 3. The molecule has 0 aromatic heterocycles. The maximum Gasteiger partial charge on any atom is 0.253 e. The van der Waals surface area contributed by atoms with Crippen LogP contribution in [0.25, 0.3) is 0 Å². The number of hydrogen-bond donors (Lipinski definition) is 10. The predicted octanol–water partition coefficient (Wildman–Crippen LogP) is -2.88. The van der Waals surface area contributed by atoms with Gasteiger partial charge in [-0.3, -0.25) is 29.1 Å². The summed E-state index contributed by atoms with van der Waals surface area (Å²) in [4.78, 5) is 60.0. The van der Waals surface area contributed by atoms with Crippen LogP contribution in [-0.2, 0) is 33.4 Å². The molecular formula is C41H66N6O13. The van der Waals surface area contributed by atoms with Crippen LogP contribution in [0.1, 0.15) is 58.8 Å². The second-order valence-corrected chi connectivity index (χ2v) is 17.9. The van der Waals surface area contributed by atoms with Crippen molar-refractivity contribution in [3.63, 3.8) is 0 Å². The van der Waals surface area contributed by atoms with Crippen LogP contribution in [0, 0.1) is 53.3 Å². The Morgan fingerprint density at radius 2 is 1.75 bits per heavy atom. The number of aliphatic hydroxyl groups is 6. The van der Waals surface area contributed by atoms with Gasteiger partial charge in [-0.25, -0.2) is 0 Å². The highest BCUT2D eigenvalue weighted by Gasteiger charge is 2.64. The molecule has 338 valence electrons. The molecule has 0 aromatic carbocycles. The molecule has 0 aromatic rings. The number of aliphatic hydroxyl groups excluding tert-OH is 5. The molecule has 19 nitrogen and oxygen atoms in total. The van der Waals surface area contributed by atoms with Gasteiger partial charge in [-0.2, -0.15) is 0 Å². The first kappa shape index (κ1) is 46.6. The molecule has 19 atom stereocenters. The Morgan fingerprint density at radius 3 is 2.35 bits per heavy atom. The smallest absolute Gasteiger partial charge is 0.253 e. The van der Waals surface area contributed by atoms with Gasteiger partial charge >= 0.3 is 0 Å². The number of amides is 2. The minimum absolute atomic E-state index is 0.0847. The highest BCUT2D eigenvalue weighted by molar-refractivity contribution is 6.12. The van der Waals surface area contributed by atoms with Crippen LogP contribution in [0.2, 0.25) is 0 Å². The number of carbonyl (C=O) groups excluding carboxylic acids is 4. The van der Waals surface area contributed by atoms with Gasteiger partial charge in [0, 0.05) is 69.7 Å². The number of aliphatic imine (C=N–C) groups is 1. The maximum absolute atomic E-state index is 15.0. The van der Waals surface area contributed by atoms with Gasteiger partial charge < -0.3 is 67.0 Å². The fourth-order valence-corrected chi connectivity index (χ4v) is 11.8. The van der Waals surface area contributed by atoms with Gasteiger partial charge in [-0.1, -0.05) is 20.3 Å². The standard InChI is InChI=1S/C41H66N6O13/c1-5-21-24(58-4)14-25(33-31(21)34(52)22-12-18(2)30(35(53)32(22)36(33)54)23(9-11-48)46-40(43)44-3)59-39-37(55)38(56)41(57,26(17-49)60-39)15-20(19-8-10-45-27(42)13-19)16-47-28(50)6-7-29(47)51/h6-7,18-27,30-33,35,37-39,45,48-49,53,55-57H,5,8-17,42H2,1-4H3,(H3,43,44,46). The second-order valence-electron chi connectivity index (χ2n) is 17.9. The molecule has 5 fully saturated rings. The molecule has 0 radical (unpaired) electrons. The van der Waals surface area contributed by atoms with Crippen LogP contribution < -0.4 is 22.1 Å². The number of nitrogens with zero attached hydrogens (tertiary/aromatic N) is 2. The highest BCUT2D eigenvalue weighted by atomic mass is 16.7. The lowest BCUT2D eigenvalue weighted by atomic mass is 9.50. The summed E-state index contributed by atoms with van der Waals surface area (Å²) in [5.74, 6) is -7.52. The topological polar surface area (TPSA) is 309 Å². The Labute approximate surface area is 350 Å². The molecule has 2 saturated heterocycles. The third-order valence-corrected chi connectivity index (χ3v) is 14.8. The minimum atomic E-state index is -2.31. The summed E-state index contributed by atoms with van der Waals surface area (Å²) in [6, 6.07) is -0.564. The number of nitrogens with two attached hydrogens (primary N) is 2. The number of ketones is 2. The van der Waals surface area contributed by atoms with E-state index in [2.05, 4.69) is 15.6 Å². The number of hydrogen-bond acceptors (Lipinski definition) is 16. The van der Waals surface area contributed by atoms with Crippen molar-refractivity contribution in [2.45, 2.75) is 120 Å². The highest BCUT2D eigenvalue weighted by Crippen LogP contribution is 2.53. The first-order valence-electron chi connectivity index (χ1n) is 21.5. The van der Waals surface area contributed by atoms with Crippen molar-refractivity contribution in [3.05, 3.63) is 12.2 Å². The number of nitrogens with one attached hydrogen (secondary N) is 2. The SMILES string of the molecule is CCC1C(OC)CC(OC2OC(CO)C(O)(CC(CN3C(=O)C=CC3=O)C3CCNC(N)C3)C(O)C2O)C2C(=O)C3C(CC(C)C(C(CCO)NC(N)=NC)C3O)C(=O)C12. The molecule has 6 aliphatic rings. The van der Waals surface area contributed by atoms with Crippen molar-refractivity contribution in [2.24, 2.45) is 69.7 Å². The molecule has 0 spiro atoms. The van der Waals surface area contributed by atoms with Gasteiger partial charge in [0.2, 0.25) is 0 Å². The number of piperidine rings is 1. The summed E-state index contributed by atoms with van der Waals surface area (Å²) in [5, 5.41) is 74.7. The van der Waals surface area contributed by atoms with Crippen LogP contribution in [-0.4, -0.2) is 166 Å². The van der Waals surface area contributed by atoms with E-state index in [1.807, 2.05) is 13.8 Å². The number of imide groups is 1. The van der Waals surface area contributed by atoms with Gasteiger partial charge in [-0.05, 0) is 62.3 Å². The molecule has 2 amide bonds. The maximum atomic E-state index is 15.0. The Morgan fingerprint density at radius 1 is 1.05 bits per heavy atom. The molecule has 6 rings (SSSR count). The molecule has 19 heteroatoms. The van der Waals surface area contributed by atoms with Crippen molar-refractivity contribution >= 4 is 29.3 Å². The summed E-state index contributed by atoms with van der Waals surface area (Å²) < 4.78 is 18.5. The largest absolute Gasteiger partial charge is 0.396 e. The fraction of sp³-hybridized carbons (Fsp3) is 0.829. The van der Waals surface area contributed by atoms with Crippen molar-refractivity contribution in [3.8, 4) is 0 Å². The van der Waals surface area contributed by atoms with Crippen LogP contribution >= 0.6 is 0 Å². The summed E-state index contributed by atoms with van der Waals surface area (Å²) >= 11 is 0. The molecule has 3 aliphatic carbocycles. The van der Waals surface area contributed by atoms with E-state index in [1.54, 1.807) is 0 Å². The van der Waals surface area contributed by atoms with Gasteiger partial charge in [0.15, 0.2) is 12.2 Å². The minimum Gasteiger partial charge on any atom is -0.396 e. The van der Waals surface area contributed by atoms with Gasteiger partial charge in [0.25, 0.3) is 11.8 Å². The van der Waals surface area contributed by atoms with Crippen LogP contribution in [0.3, 0.4) is 0 Å². The molecular weight excluding hydrogens is 784 g/mol. The number of Topliss-reactive ketones (excluding diaryl/α,β-unsaturated/α-hetero) is 2. The Hall–Kier alpha value is -2.95. The molecule has 3 heterocycles. The molecule has 3 aliphatic heterocycles. The van der Waals surface area contributed by atoms with Crippen LogP contribution in [0.15, 0.2) is 17.1 Å². The van der Waals surface area contributed by atoms with Crippen molar-refractivity contribution in [1.29, 1.82) is 0 Å². The third-order valence-electron chi connectivity index (χ3n) is 14.8. The number of guanidine groups is 1. The van der Waals surface area contributed by atoms with Crippen LogP contribution in [0.5, 0.6) is 0 Å². The van der Waals surface area contributed by atoms with E-state index in [0.717, 1.165) is 17.1 Å². The zero-order chi connectivity index (χ0) is 43.8. The first-order chi connectivity index (χ1) is 28.5. The monoisotopic (exact) mass is 850 g/mol. The van der Waals surface area contributed by atoms with Gasteiger partial charge in [-0.15, -0.1) is 0 Å². The number of methoxy groups -OCH3 is 1. The van der Waals surface area contributed by atoms with Crippen LogP contribution in [0.4, 0.5) is 0 Å². The zero-order valence-electron chi connectivity index (χ0n) is 34.9. The lowest BCUT2D eigenvalue weighted by Crippen LogP contribution is -2.69. The Balaban J connectivity index is 1.28. The lowest BCUT2D eigenvalue weighted by Gasteiger charge is -2.56. The number of fused-ring (bicyclic) bond motifs is 2. The summed E-state index contributed by atoms with van der Waals surface area (Å²) in [7, 11) is 3.00. The molecule has 19 unspecified atom stereocenters. The van der Waals surface area contributed by atoms with E-state index in [0.29, 0.717) is 32.2 Å². The van der Waals surface area contributed by atoms with Gasteiger partial charge in [0.1, 0.15) is 35.5 Å². The lowest BCUT2D eigenvalue weighted by molar-refractivity contribution is -0.349. The average Bonchev–Trinajstić information content (AvgIpc) is 3.54. The number of rotatable bonds is 14. The van der Waals surface area contributed by atoms with E-state index >= 15 is 0 Å². The molecule has 60 heavy (non-hydrogen) atoms. The van der Waals surface area contributed by atoms with E-state index in [4.69, 9.17) is 25.7 Å². The normalized spacial score (nSPS) is 43.5. The van der Waals surface area contributed by atoms with E-state index in [1.165, 1.54) is 14.2 Å². The molecule has 3 saturated carbocycles. The van der Waals surface area contributed by atoms with Gasteiger partial charge in [0.05, 0.1) is 42.9 Å². The van der Waals surface area contributed by atoms with Crippen molar-refractivity contribution in [1.82, 2.24) is 15.5 Å². The predicted molar refractivity (Wildman–Crippen MR) is 213 cm³/mol.